The van der Waals surface area contributed by atoms with E-state index >= 15 is 0 Å². The van der Waals surface area contributed by atoms with Crippen molar-refractivity contribution in [2.45, 2.75) is 39.7 Å². The van der Waals surface area contributed by atoms with Gasteiger partial charge in [-0.05, 0) is 69.9 Å². The number of aryl methyl sites for hydroxylation is 1. The second-order valence-electron chi connectivity index (χ2n) is 6.10. The highest BCUT2D eigenvalue weighted by Crippen LogP contribution is 2.26. The Morgan fingerprint density at radius 2 is 2.10 bits per heavy atom. The lowest BCUT2D eigenvalue weighted by atomic mass is 9.97. The summed E-state index contributed by atoms with van der Waals surface area (Å²) >= 11 is 0. The molecular formula is C17H26F2N2. The van der Waals surface area contributed by atoms with E-state index < -0.39 is 0 Å². The van der Waals surface area contributed by atoms with Crippen LogP contribution >= 0.6 is 0 Å². The Morgan fingerprint density at radius 3 is 2.71 bits per heavy atom. The van der Waals surface area contributed by atoms with Crippen LogP contribution in [0, 0.1) is 24.5 Å². The van der Waals surface area contributed by atoms with Crippen molar-refractivity contribution in [3.05, 3.63) is 34.9 Å². The fourth-order valence-electron chi connectivity index (χ4n) is 3.15. The molecule has 0 saturated carbocycles. The molecule has 1 aliphatic rings. The van der Waals surface area contributed by atoms with Crippen molar-refractivity contribution in [3.8, 4) is 0 Å². The van der Waals surface area contributed by atoms with Crippen molar-refractivity contribution in [1.82, 2.24) is 10.2 Å². The summed E-state index contributed by atoms with van der Waals surface area (Å²) in [6, 6.07) is 2.56. The Balaban J connectivity index is 2.11. The van der Waals surface area contributed by atoms with Gasteiger partial charge in [-0.1, -0.05) is 6.92 Å². The van der Waals surface area contributed by atoms with E-state index in [4.69, 9.17) is 0 Å². The standard InChI is InChI=1S/C17H26F2N2/c1-4-21(11-14-6-5-7-20-10-14)13(3)15-9-16(18)12(2)8-17(15)19/h8-9,13-14,20H,4-7,10-11H2,1-3H3. The number of piperidine rings is 1. The van der Waals surface area contributed by atoms with Crippen molar-refractivity contribution < 1.29 is 8.78 Å². The maximum absolute atomic E-state index is 14.2. The van der Waals surface area contributed by atoms with Crippen LogP contribution in [0.4, 0.5) is 8.78 Å². The van der Waals surface area contributed by atoms with E-state index in [1.165, 1.54) is 25.0 Å². The van der Waals surface area contributed by atoms with E-state index in [0.717, 1.165) is 26.2 Å². The molecule has 1 aromatic rings. The SMILES string of the molecule is CCN(CC1CCCNC1)C(C)c1cc(F)c(C)cc1F. The number of halogens is 2. The molecule has 118 valence electrons. The number of hydrogen-bond acceptors (Lipinski definition) is 2. The molecule has 1 heterocycles. The topological polar surface area (TPSA) is 15.3 Å². The molecule has 21 heavy (non-hydrogen) atoms. The van der Waals surface area contributed by atoms with Gasteiger partial charge < -0.3 is 5.32 Å². The summed E-state index contributed by atoms with van der Waals surface area (Å²) in [6.45, 7) is 9.52. The van der Waals surface area contributed by atoms with Crippen molar-refractivity contribution >= 4 is 0 Å². The van der Waals surface area contributed by atoms with Gasteiger partial charge in [-0.2, -0.15) is 0 Å². The molecule has 1 saturated heterocycles. The number of benzene rings is 1. The zero-order valence-electron chi connectivity index (χ0n) is 13.3. The lowest BCUT2D eigenvalue weighted by molar-refractivity contribution is 0.168. The Bertz CT molecular complexity index is 470. The van der Waals surface area contributed by atoms with Crippen LogP contribution in [-0.4, -0.2) is 31.1 Å². The van der Waals surface area contributed by atoms with Gasteiger partial charge in [-0.25, -0.2) is 8.78 Å². The molecule has 0 spiro atoms. The van der Waals surface area contributed by atoms with Crippen LogP contribution in [0.25, 0.3) is 0 Å². The number of hydrogen-bond donors (Lipinski definition) is 1. The van der Waals surface area contributed by atoms with Crippen LogP contribution in [-0.2, 0) is 0 Å². The van der Waals surface area contributed by atoms with Crippen LogP contribution < -0.4 is 5.32 Å². The van der Waals surface area contributed by atoms with Gasteiger partial charge in [0, 0.05) is 18.2 Å². The molecule has 1 fully saturated rings. The quantitative estimate of drug-likeness (QED) is 0.892. The molecule has 0 aliphatic carbocycles. The highest BCUT2D eigenvalue weighted by molar-refractivity contribution is 5.27. The molecule has 4 heteroatoms. The smallest absolute Gasteiger partial charge is 0.128 e. The fraction of sp³-hybridized carbons (Fsp3) is 0.647. The van der Waals surface area contributed by atoms with E-state index in [0.29, 0.717) is 17.0 Å². The normalized spacial score (nSPS) is 20.8. The van der Waals surface area contributed by atoms with Crippen molar-refractivity contribution in [1.29, 1.82) is 0 Å². The predicted octanol–water partition coefficient (Wildman–Crippen LogP) is 3.66. The number of nitrogens with one attached hydrogen (secondary N) is 1. The van der Waals surface area contributed by atoms with Crippen LogP contribution in [0.3, 0.4) is 0 Å². The maximum atomic E-state index is 14.2. The van der Waals surface area contributed by atoms with Gasteiger partial charge in [0.1, 0.15) is 11.6 Å². The zero-order valence-corrected chi connectivity index (χ0v) is 13.3. The Morgan fingerprint density at radius 1 is 1.33 bits per heavy atom. The lowest BCUT2D eigenvalue weighted by Crippen LogP contribution is -2.39. The van der Waals surface area contributed by atoms with Gasteiger partial charge in [-0.3, -0.25) is 4.90 Å². The Labute approximate surface area is 126 Å². The summed E-state index contributed by atoms with van der Waals surface area (Å²) in [5.74, 6) is -0.0326. The zero-order chi connectivity index (χ0) is 15.4. The molecule has 2 nitrogen and oxygen atoms in total. The molecular weight excluding hydrogens is 270 g/mol. The Kier molecular flexibility index (Phi) is 5.71. The summed E-state index contributed by atoms with van der Waals surface area (Å²) in [4.78, 5) is 2.24. The average molecular weight is 296 g/mol. The van der Waals surface area contributed by atoms with Crippen molar-refractivity contribution in [3.63, 3.8) is 0 Å². The highest BCUT2D eigenvalue weighted by atomic mass is 19.1. The summed E-state index contributed by atoms with van der Waals surface area (Å²) in [5.41, 5.74) is 0.826. The summed E-state index contributed by atoms with van der Waals surface area (Å²) < 4.78 is 27.9. The second-order valence-corrected chi connectivity index (χ2v) is 6.10. The third kappa shape index (κ3) is 4.01. The Hall–Kier alpha value is -1.00. The molecule has 0 radical (unpaired) electrons. The van der Waals surface area contributed by atoms with Gasteiger partial charge in [-0.15, -0.1) is 0 Å². The minimum absolute atomic E-state index is 0.105. The first-order valence-corrected chi connectivity index (χ1v) is 7.93. The van der Waals surface area contributed by atoms with Gasteiger partial charge in [0.05, 0.1) is 0 Å². The summed E-state index contributed by atoms with van der Waals surface area (Å²) in [5, 5.41) is 3.41. The number of nitrogens with zero attached hydrogens (tertiary/aromatic N) is 1. The molecule has 0 bridgehead atoms. The molecule has 0 aromatic heterocycles. The first-order valence-electron chi connectivity index (χ1n) is 7.93. The highest BCUT2D eigenvalue weighted by Gasteiger charge is 2.23. The third-order valence-corrected chi connectivity index (χ3v) is 4.57. The maximum Gasteiger partial charge on any atom is 0.128 e. The van der Waals surface area contributed by atoms with Crippen LogP contribution in [0.15, 0.2) is 12.1 Å². The summed E-state index contributed by atoms with van der Waals surface area (Å²) in [7, 11) is 0. The average Bonchev–Trinajstić information content (AvgIpc) is 2.49. The summed E-state index contributed by atoms with van der Waals surface area (Å²) in [6.07, 6.45) is 2.41. The third-order valence-electron chi connectivity index (χ3n) is 4.57. The monoisotopic (exact) mass is 296 g/mol. The van der Waals surface area contributed by atoms with Gasteiger partial charge in [0.2, 0.25) is 0 Å². The molecule has 2 unspecified atom stereocenters. The van der Waals surface area contributed by atoms with Crippen molar-refractivity contribution in [2.24, 2.45) is 5.92 Å². The number of rotatable bonds is 5. The molecule has 1 N–H and O–H groups in total. The second kappa shape index (κ2) is 7.32. The minimum atomic E-state index is -0.325. The molecule has 2 rings (SSSR count). The molecule has 0 amide bonds. The molecule has 1 aromatic carbocycles. The van der Waals surface area contributed by atoms with Crippen LogP contribution in [0.5, 0.6) is 0 Å². The minimum Gasteiger partial charge on any atom is -0.316 e. The largest absolute Gasteiger partial charge is 0.316 e. The lowest BCUT2D eigenvalue weighted by Gasteiger charge is -2.33. The van der Waals surface area contributed by atoms with E-state index in [1.807, 2.05) is 6.92 Å². The first kappa shape index (κ1) is 16.4. The van der Waals surface area contributed by atoms with Crippen LogP contribution in [0.1, 0.15) is 43.9 Å². The predicted molar refractivity (Wildman–Crippen MR) is 82.4 cm³/mol. The van der Waals surface area contributed by atoms with Gasteiger partial charge in [0.15, 0.2) is 0 Å². The fourth-order valence-corrected chi connectivity index (χ4v) is 3.15. The molecule has 1 aliphatic heterocycles. The molecule has 2 atom stereocenters. The van der Waals surface area contributed by atoms with E-state index in [2.05, 4.69) is 17.1 Å². The van der Waals surface area contributed by atoms with E-state index in [9.17, 15) is 8.78 Å². The van der Waals surface area contributed by atoms with E-state index in [-0.39, 0.29) is 17.7 Å². The first-order chi connectivity index (χ1) is 10.0. The van der Waals surface area contributed by atoms with Gasteiger partial charge >= 0.3 is 0 Å². The van der Waals surface area contributed by atoms with Crippen LogP contribution in [0.2, 0.25) is 0 Å². The van der Waals surface area contributed by atoms with Gasteiger partial charge in [0.25, 0.3) is 0 Å². The van der Waals surface area contributed by atoms with Crippen molar-refractivity contribution in [2.75, 3.05) is 26.2 Å². The van der Waals surface area contributed by atoms with E-state index in [1.54, 1.807) is 6.92 Å².